The summed E-state index contributed by atoms with van der Waals surface area (Å²) in [5.74, 6) is 0.0566. The van der Waals surface area contributed by atoms with Crippen molar-refractivity contribution in [3.05, 3.63) is 76.1 Å². The number of aromatic nitrogens is 1. The second-order valence-corrected chi connectivity index (χ2v) is 7.69. The standard InChI is InChI=1S/C20H15N3O2S2/c1-13-12-26-19(21-13)22-20-23(15-5-3-2-4-6-15)18(25)17(27-20)11-14-7-9-16(24)10-8-14/h2-12,24H,1H3/b17-11-,22-20+. The van der Waals surface area contributed by atoms with Crippen molar-refractivity contribution in [2.45, 2.75) is 6.92 Å². The highest BCUT2D eigenvalue weighted by molar-refractivity contribution is 8.19. The molecule has 0 spiro atoms. The lowest BCUT2D eigenvalue weighted by atomic mass is 10.2. The van der Waals surface area contributed by atoms with E-state index in [9.17, 15) is 9.90 Å². The lowest BCUT2D eigenvalue weighted by Gasteiger charge is -2.14. The molecule has 1 amide bonds. The van der Waals surface area contributed by atoms with E-state index in [1.54, 1.807) is 35.2 Å². The second kappa shape index (κ2) is 7.38. The van der Waals surface area contributed by atoms with Gasteiger partial charge in [-0.05, 0) is 54.6 Å². The van der Waals surface area contributed by atoms with Gasteiger partial charge in [0.15, 0.2) is 5.17 Å². The summed E-state index contributed by atoms with van der Waals surface area (Å²) < 4.78 is 0. The lowest BCUT2D eigenvalue weighted by molar-refractivity contribution is -0.113. The molecular weight excluding hydrogens is 378 g/mol. The average Bonchev–Trinajstić information content (AvgIpc) is 3.21. The minimum Gasteiger partial charge on any atom is -0.508 e. The van der Waals surface area contributed by atoms with Gasteiger partial charge in [-0.25, -0.2) is 4.98 Å². The van der Waals surface area contributed by atoms with Gasteiger partial charge in [-0.1, -0.05) is 30.3 Å². The van der Waals surface area contributed by atoms with Crippen LogP contribution in [0.5, 0.6) is 5.75 Å². The van der Waals surface area contributed by atoms with E-state index in [0.29, 0.717) is 15.2 Å². The van der Waals surface area contributed by atoms with E-state index in [2.05, 4.69) is 9.98 Å². The molecule has 2 heterocycles. The Morgan fingerprint density at radius 3 is 2.52 bits per heavy atom. The highest BCUT2D eigenvalue weighted by atomic mass is 32.2. The Hall–Kier alpha value is -2.90. The number of benzene rings is 2. The maximum atomic E-state index is 13.1. The third-order valence-electron chi connectivity index (χ3n) is 3.81. The van der Waals surface area contributed by atoms with E-state index in [4.69, 9.17) is 0 Å². The molecule has 4 rings (SSSR count). The number of aryl methyl sites for hydroxylation is 1. The molecule has 0 bridgehead atoms. The van der Waals surface area contributed by atoms with Gasteiger partial charge in [-0.3, -0.25) is 9.69 Å². The first kappa shape index (κ1) is 17.5. The molecule has 5 nitrogen and oxygen atoms in total. The molecule has 0 radical (unpaired) electrons. The van der Waals surface area contributed by atoms with Gasteiger partial charge in [0.25, 0.3) is 5.91 Å². The van der Waals surface area contributed by atoms with Crippen LogP contribution in [0.1, 0.15) is 11.3 Å². The van der Waals surface area contributed by atoms with Crippen molar-refractivity contribution in [3.8, 4) is 5.75 Å². The van der Waals surface area contributed by atoms with Gasteiger partial charge in [0.1, 0.15) is 5.75 Å². The molecule has 3 aromatic rings. The van der Waals surface area contributed by atoms with Crippen LogP contribution in [0.4, 0.5) is 10.8 Å². The largest absolute Gasteiger partial charge is 0.508 e. The maximum absolute atomic E-state index is 13.1. The number of aliphatic imine (C=N–C) groups is 1. The van der Waals surface area contributed by atoms with Crippen LogP contribution in [-0.4, -0.2) is 21.2 Å². The highest BCUT2D eigenvalue weighted by Gasteiger charge is 2.34. The first-order chi connectivity index (χ1) is 13.1. The number of amides is 1. The number of amidine groups is 1. The van der Waals surface area contributed by atoms with E-state index in [1.165, 1.54) is 23.1 Å². The topological polar surface area (TPSA) is 65.8 Å². The number of nitrogens with zero attached hydrogens (tertiary/aromatic N) is 3. The summed E-state index contributed by atoms with van der Waals surface area (Å²) in [6.45, 7) is 1.91. The number of carbonyl (C=O) groups is 1. The molecule has 27 heavy (non-hydrogen) atoms. The van der Waals surface area contributed by atoms with Crippen LogP contribution in [-0.2, 0) is 4.79 Å². The van der Waals surface area contributed by atoms with Crippen LogP contribution in [0.15, 0.2) is 69.9 Å². The maximum Gasteiger partial charge on any atom is 0.271 e. The first-order valence-electron chi connectivity index (χ1n) is 8.19. The van der Waals surface area contributed by atoms with E-state index in [1.807, 2.05) is 42.6 Å². The van der Waals surface area contributed by atoms with Crippen LogP contribution in [0, 0.1) is 6.92 Å². The van der Waals surface area contributed by atoms with E-state index in [-0.39, 0.29) is 11.7 Å². The van der Waals surface area contributed by atoms with Crippen molar-refractivity contribution in [2.75, 3.05) is 4.90 Å². The molecule has 1 aliphatic rings. The Balaban J connectivity index is 1.75. The van der Waals surface area contributed by atoms with E-state index >= 15 is 0 Å². The summed E-state index contributed by atoms with van der Waals surface area (Å²) in [5, 5.41) is 12.6. The normalized spacial score (nSPS) is 17.2. The molecule has 1 saturated heterocycles. The number of hydrogen-bond donors (Lipinski definition) is 1. The van der Waals surface area contributed by atoms with Crippen LogP contribution in [0.2, 0.25) is 0 Å². The van der Waals surface area contributed by atoms with Gasteiger partial charge in [0, 0.05) is 5.38 Å². The Morgan fingerprint density at radius 1 is 1.11 bits per heavy atom. The Labute approximate surface area is 164 Å². The Bertz CT molecular complexity index is 1040. The monoisotopic (exact) mass is 393 g/mol. The van der Waals surface area contributed by atoms with Crippen molar-refractivity contribution in [1.29, 1.82) is 0 Å². The fourth-order valence-electron chi connectivity index (χ4n) is 2.55. The number of carbonyl (C=O) groups excluding carboxylic acids is 1. The number of phenolic OH excluding ortho intramolecular Hbond substituents is 1. The second-order valence-electron chi connectivity index (χ2n) is 5.84. The van der Waals surface area contributed by atoms with Crippen molar-refractivity contribution in [2.24, 2.45) is 4.99 Å². The number of phenols is 1. The summed E-state index contributed by atoms with van der Waals surface area (Å²) in [6.07, 6.45) is 1.80. The predicted molar refractivity (Wildman–Crippen MR) is 112 cm³/mol. The average molecular weight is 393 g/mol. The first-order valence-corrected chi connectivity index (χ1v) is 9.89. The van der Waals surface area contributed by atoms with Crippen LogP contribution >= 0.6 is 23.1 Å². The molecule has 1 N–H and O–H groups in total. The number of para-hydroxylation sites is 1. The lowest BCUT2D eigenvalue weighted by Crippen LogP contribution is -2.28. The Kier molecular flexibility index (Phi) is 4.79. The van der Waals surface area contributed by atoms with E-state index in [0.717, 1.165) is 16.9 Å². The molecule has 7 heteroatoms. The number of anilines is 1. The molecule has 0 atom stereocenters. The molecule has 1 aromatic heterocycles. The molecule has 0 saturated carbocycles. The van der Waals surface area contributed by atoms with Crippen LogP contribution in [0.3, 0.4) is 0 Å². The highest BCUT2D eigenvalue weighted by Crippen LogP contribution is 2.37. The summed E-state index contributed by atoms with van der Waals surface area (Å²) in [6, 6.07) is 16.2. The summed E-state index contributed by atoms with van der Waals surface area (Å²) in [4.78, 5) is 24.2. The third-order valence-corrected chi connectivity index (χ3v) is 5.63. The molecule has 0 aliphatic carbocycles. The van der Waals surface area contributed by atoms with Crippen LogP contribution < -0.4 is 4.90 Å². The van der Waals surface area contributed by atoms with Crippen molar-refractivity contribution >= 4 is 51.1 Å². The molecule has 1 aliphatic heterocycles. The van der Waals surface area contributed by atoms with Crippen molar-refractivity contribution in [3.63, 3.8) is 0 Å². The number of thioether (sulfide) groups is 1. The fourth-order valence-corrected chi connectivity index (χ4v) is 4.25. The summed E-state index contributed by atoms with van der Waals surface area (Å²) in [5.41, 5.74) is 2.50. The number of thiazole rings is 1. The fraction of sp³-hybridized carbons (Fsp3) is 0.0500. The quantitative estimate of drug-likeness (QED) is 0.638. The van der Waals surface area contributed by atoms with Gasteiger partial charge in [-0.15, -0.1) is 11.3 Å². The zero-order valence-corrected chi connectivity index (χ0v) is 16.0. The number of hydrogen-bond acceptors (Lipinski definition) is 6. The SMILES string of the molecule is Cc1csc(/N=C2/S/C(=C\c3ccc(O)cc3)C(=O)N2c2ccccc2)n1. The Morgan fingerprint density at radius 2 is 1.85 bits per heavy atom. The molecule has 2 aromatic carbocycles. The van der Waals surface area contributed by atoms with E-state index < -0.39 is 0 Å². The minimum atomic E-state index is -0.133. The van der Waals surface area contributed by atoms with Gasteiger partial charge >= 0.3 is 0 Å². The molecule has 1 fully saturated rings. The smallest absolute Gasteiger partial charge is 0.271 e. The zero-order valence-electron chi connectivity index (χ0n) is 14.4. The molecule has 0 unspecified atom stereocenters. The number of rotatable bonds is 3. The minimum absolute atomic E-state index is 0.133. The van der Waals surface area contributed by atoms with Gasteiger partial charge in [0.2, 0.25) is 5.13 Å². The van der Waals surface area contributed by atoms with Gasteiger partial charge in [0.05, 0.1) is 16.3 Å². The van der Waals surface area contributed by atoms with Gasteiger partial charge in [-0.2, -0.15) is 4.99 Å². The zero-order chi connectivity index (χ0) is 18.8. The van der Waals surface area contributed by atoms with Gasteiger partial charge < -0.3 is 5.11 Å². The van der Waals surface area contributed by atoms with Crippen molar-refractivity contribution in [1.82, 2.24) is 4.98 Å². The molecular formula is C20H15N3O2S2. The van der Waals surface area contributed by atoms with Crippen molar-refractivity contribution < 1.29 is 9.90 Å². The molecule has 134 valence electrons. The number of aromatic hydroxyl groups is 1. The summed E-state index contributed by atoms with van der Waals surface area (Å²) >= 11 is 2.76. The predicted octanol–water partition coefficient (Wildman–Crippen LogP) is 4.97. The van der Waals surface area contributed by atoms with Crippen LogP contribution in [0.25, 0.3) is 6.08 Å². The summed E-state index contributed by atoms with van der Waals surface area (Å²) in [7, 11) is 0. The third kappa shape index (κ3) is 3.79.